The molecule has 0 radical (unpaired) electrons. The molecule has 0 saturated heterocycles. The van der Waals surface area contributed by atoms with Gasteiger partial charge in [-0.1, -0.05) is 0 Å². The van der Waals surface area contributed by atoms with E-state index in [9.17, 15) is 4.79 Å². The molecule has 0 atom stereocenters. The van der Waals surface area contributed by atoms with Gasteiger partial charge in [-0.05, 0) is 0 Å². The first-order valence-electron chi connectivity index (χ1n) is 12.8. The Hall–Kier alpha value is -4.23. The van der Waals surface area contributed by atoms with Crippen molar-refractivity contribution in [1.29, 1.82) is 0 Å². The third-order valence-electron chi connectivity index (χ3n) is 6.66. The van der Waals surface area contributed by atoms with Crippen molar-refractivity contribution >= 4 is 52.6 Å². The summed E-state index contributed by atoms with van der Waals surface area (Å²) in [5, 5.41) is 12.1. The summed E-state index contributed by atoms with van der Waals surface area (Å²) in [7, 11) is 1.89. The number of anilines is 1. The zero-order valence-electron chi connectivity index (χ0n) is 21.9. The molecule has 5 aromatic rings. The van der Waals surface area contributed by atoms with Crippen molar-refractivity contribution in [3.05, 3.63) is 145 Å². The average Bonchev–Trinajstić information content (AvgIpc) is 3.00. The summed E-state index contributed by atoms with van der Waals surface area (Å²) in [6.07, 6.45) is 0. The molecule has 0 aliphatic heterocycles. The summed E-state index contributed by atoms with van der Waals surface area (Å²) >= 11 is -4.28. The van der Waals surface area contributed by atoms with Crippen molar-refractivity contribution in [2.24, 2.45) is 10.2 Å². The van der Waals surface area contributed by atoms with E-state index in [1.807, 2.05) is 98.9 Å². The second-order valence-electron chi connectivity index (χ2n) is 9.14. The molecule has 0 aliphatic rings. The minimum absolute atomic E-state index is 0.383. The summed E-state index contributed by atoms with van der Waals surface area (Å²) < 4.78 is 9.94. The fourth-order valence-electron chi connectivity index (χ4n) is 4.72. The summed E-state index contributed by atoms with van der Waals surface area (Å²) in [6.45, 7) is 2.01. The molecule has 0 fully saturated rings. The van der Waals surface area contributed by atoms with E-state index in [2.05, 4.69) is 51.9 Å². The van der Waals surface area contributed by atoms with Crippen LogP contribution < -0.4 is 16.1 Å². The molecule has 0 aliphatic carbocycles. The van der Waals surface area contributed by atoms with Crippen molar-refractivity contribution in [3.8, 4) is 0 Å². The molecular weight excluding hydrogens is 589 g/mol. The number of hydrogen-bond acceptors (Lipinski definition) is 5. The third kappa shape index (κ3) is 5.64. The minimum atomic E-state index is -4.28. The first-order chi connectivity index (χ1) is 19.1. The summed E-state index contributed by atoms with van der Waals surface area (Å²) in [5.41, 5.74) is 3.65. The van der Waals surface area contributed by atoms with Crippen LogP contribution in [0.2, 0.25) is 0 Å². The molecule has 0 spiro atoms. The second-order valence-corrected chi connectivity index (χ2v) is 18.5. The fraction of sp³-hybridized carbons (Fsp3) is 0.0606. The van der Waals surface area contributed by atoms with Gasteiger partial charge >= 0.3 is 235 Å². The van der Waals surface area contributed by atoms with Crippen LogP contribution >= 0.6 is 0 Å². The number of nitrogens with zero attached hydrogens (tertiary/aromatic N) is 2. The van der Waals surface area contributed by atoms with Crippen LogP contribution in [-0.2, 0) is 3.07 Å². The SMILES string of the molecule is CNc1ccc(N=Nc2ccccc2C(=O)[O][Sn]([c]2ccccc2)([c]2ccccc2)[c]2ccccc2)cc1C. The van der Waals surface area contributed by atoms with Crippen molar-refractivity contribution in [2.75, 3.05) is 12.4 Å². The Bertz CT molecular complexity index is 1490. The molecule has 0 bridgehead atoms. The molecule has 1 N–H and O–H groups in total. The van der Waals surface area contributed by atoms with E-state index in [1.165, 1.54) is 0 Å². The van der Waals surface area contributed by atoms with E-state index in [1.54, 1.807) is 12.1 Å². The van der Waals surface area contributed by atoms with Crippen molar-refractivity contribution < 1.29 is 7.87 Å². The van der Waals surface area contributed by atoms with Gasteiger partial charge in [-0.2, -0.15) is 0 Å². The topological polar surface area (TPSA) is 63.0 Å². The van der Waals surface area contributed by atoms with Gasteiger partial charge in [0.2, 0.25) is 0 Å². The van der Waals surface area contributed by atoms with Gasteiger partial charge in [0, 0.05) is 0 Å². The number of nitrogens with one attached hydrogen (secondary N) is 1. The first-order valence-corrected chi connectivity index (χ1v) is 18.3. The van der Waals surface area contributed by atoms with Crippen molar-refractivity contribution in [3.63, 3.8) is 0 Å². The molecular formula is C33H29N3O2Sn. The van der Waals surface area contributed by atoms with Gasteiger partial charge in [0.25, 0.3) is 0 Å². The van der Waals surface area contributed by atoms with E-state index in [0.717, 1.165) is 22.0 Å². The number of carbonyl (C=O) groups is 1. The van der Waals surface area contributed by atoms with E-state index < -0.39 is 24.8 Å². The molecule has 0 amide bonds. The Morgan fingerprint density at radius 3 is 1.69 bits per heavy atom. The Kier molecular flexibility index (Phi) is 8.18. The Labute approximate surface area is 233 Å². The molecule has 5 aromatic carbocycles. The maximum absolute atomic E-state index is 14.1. The predicted molar refractivity (Wildman–Crippen MR) is 161 cm³/mol. The van der Waals surface area contributed by atoms with Crippen LogP contribution in [0.25, 0.3) is 0 Å². The first kappa shape index (κ1) is 26.4. The number of carbonyl (C=O) groups excluding carboxylic acids is 1. The quantitative estimate of drug-likeness (QED) is 0.165. The van der Waals surface area contributed by atoms with Crippen LogP contribution in [0.1, 0.15) is 15.9 Å². The number of azo groups is 1. The third-order valence-corrected chi connectivity index (χ3v) is 17.9. The number of hydrogen-bond donors (Lipinski definition) is 1. The Morgan fingerprint density at radius 1 is 0.667 bits per heavy atom. The molecule has 39 heavy (non-hydrogen) atoms. The standard InChI is InChI=1S/C15H15N3O2.3C6H5.Sn/c1-10-9-11(7-8-13(10)16-2)17-18-14-6-4-3-5-12(14)15(19)20;3*1-2-4-6-5-3-1;/h3-9,16H,1-2H3,(H,19,20);3*1-5H;/q;;;;+1/p-1. The Balaban J connectivity index is 1.59. The Morgan fingerprint density at radius 2 is 1.18 bits per heavy atom. The molecule has 5 rings (SSSR count). The molecule has 0 saturated carbocycles. The van der Waals surface area contributed by atoms with Crippen molar-refractivity contribution in [2.45, 2.75) is 6.92 Å². The zero-order chi connectivity index (χ0) is 27.1. The monoisotopic (exact) mass is 619 g/mol. The predicted octanol–water partition coefficient (Wildman–Crippen LogP) is 6.28. The van der Waals surface area contributed by atoms with Gasteiger partial charge in [-0.25, -0.2) is 0 Å². The van der Waals surface area contributed by atoms with Gasteiger partial charge < -0.3 is 0 Å². The second kappa shape index (κ2) is 12.1. The van der Waals surface area contributed by atoms with Crippen LogP contribution in [0.15, 0.2) is 144 Å². The summed E-state index contributed by atoms with van der Waals surface area (Å²) in [6, 6.07) is 43.5. The molecule has 0 aromatic heterocycles. The molecule has 0 heterocycles. The number of rotatable bonds is 8. The van der Waals surface area contributed by atoms with Crippen LogP contribution in [0.4, 0.5) is 17.1 Å². The van der Waals surface area contributed by atoms with Crippen molar-refractivity contribution in [1.82, 2.24) is 0 Å². The van der Waals surface area contributed by atoms with E-state index in [0.29, 0.717) is 16.9 Å². The van der Waals surface area contributed by atoms with Gasteiger partial charge in [-0.15, -0.1) is 0 Å². The average molecular weight is 618 g/mol. The molecule has 5 nitrogen and oxygen atoms in total. The van der Waals surface area contributed by atoms with Gasteiger partial charge in [0.05, 0.1) is 0 Å². The summed E-state index contributed by atoms with van der Waals surface area (Å²) in [4.78, 5) is 14.1. The number of benzene rings is 5. The normalized spacial score (nSPS) is 11.3. The molecule has 0 unspecified atom stereocenters. The maximum atomic E-state index is 14.1. The van der Waals surface area contributed by atoms with E-state index in [4.69, 9.17) is 3.07 Å². The van der Waals surface area contributed by atoms with Crippen LogP contribution in [-0.4, -0.2) is 31.8 Å². The van der Waals surface area contributed by atoms with Gasteiger partial charge in [-0.3, -0.25) is 0 Å². The van der Waals surface area contributed by atoms with Gasteiger partial charge in [0.15, 0.2) is 0 Å². The van der Waals surface area contributed by atoms with E-state index >= 15 is 0 Å². The van der Waals surface area contributed by atoms with E-state index in [-0.39, 0.29) is 0 Å². The summed E-state index contributed by atoms with van der Waals surface area (Å²) in [5.74, 6) is -0.404. The zero-order valence-corrected chi connectivity index (χ0v) is 24.8. The van der Waals surface area contributed by atoms with Crippen LogP contribution in [0.3, 0.4) is 0 Å². The van der Waals surface area contributed by atoms with Crippen LogP contribution in [0, 0.1) is 6.92 Å². The fourth-order valence-corrected chi connectivity index (χ4v) is 15.4. The van der Waals surface area contributed by atoms with Crippen LogP contribution in [0.5, 0.6) is 0 Å². The molecule has 192 valence electrons. The molecule has 6 heteroatoms. The van der Waals surface area contributed by atoms with Gasteiger partial charge in [0.1, 0.15) is 0 Å². The number of aryl methyl sites for hydroxylation is 1.